The lowest BCUT2D eigenvalue weighted by Crippen LogP contribution is -2.19. The fraction of sp³-hybridized carbons (Fsp3) is 0.222. The molecule has 1 N–H and O–H groups in total. The summed E-state index contributed by atoms with van der Waals surface area (Å²) in [6.45, 7) is 0.122. The van der Waals surface area contributed by atoms with E-state index < -0.39 is 0 Å². The van der Waals surface area contributed by atoms with Gasteiger partial charge in [-0.15, -0.1) is 5.10 Å². The predicted molar refractivity (Wildman–Crippen MR) is 91.4 cm³/mol. The van der Waals surface area contributed by atoms with Crippen LogP contribution < -0.4 is 10.1 Å². The number of para-hydroxylation sites is 1. The second-order valence-electron chi connectivity index (χ2n) is 5.96. The molecule has 3 aromatic rings. The zero-order chi connectivity index (χ0) is 17.1. The van der Waals surface area contributed by atoms with Crippen LogP contribution in [0.25, 0.3) is 0 Å². The van der Waals surface area contributed by atoms with Crippen molar-refractivity contribution in [1.29, 1.82) is 0 Å². The number of pyridine rings is 1. The third-order valence-corrected chi connectivity index (χ3v) is 3.84. The van der Waals surface area contributed by atoms with Crippen LogP contribution >= 0.6 is 0 Å². The van der Waals surface area contributed by atoms with E-state index in [1.165, 1.54) is 0 Å². The lowest BCUT2D eigenvalue weighted by atomic mass is 10.3. The summed E-state index contributed by atoms with van der Waals surface area (Å²) < 4.78 is 7.23. The number of hydrogen-bond donors (Lipinski definition) is 1. The number of amides is 1. The van der Waals surface area contributed by atoms with Gasteiger partial charge in [-0.3, -0.25) is 4.79 Å². The van der Waals surface area contributed by atoms with Gasteiger partial charge in [-0.25, -0.2) is 9.67 Å². The molecule has 25 heavy (non-hydrogen) atoms. The van der Waals surface area contributed by atoms with Crippen molar-refractivity contribution in [2.45, 2.75) is 25.3 Å². The molecule has 1 fully saturated rings. The number of carbonyl (C=O) groups excluding carboxylic acids is 1. The lowest BCUT2D eigenvalue weighted by Gasteiger charge is -2.08. The standard InChI is InChI=1S/C18H17N5O2/c24-17(12-23-11-16(21-22-23)13-6-7-13)20-14-8-9-19-18(10-14)25-15-4-2-1-3-5-15/h1-5,8-11,13H,6-7,12H2,(H,19,20,24). The van der Waals surface area contributed by atoms with Gasteiger partial charge in [0.1, 0.15) is 12.3 Å². The first-order valence-corrected chi connectivity index (χ1v) is 8.15. The van der Waals surface area contributed by atoms with Crippen molar-refractivity contribution in [3.8, 4) is 11.6 Å². The Labute approximate surface area is 144 Å². The van der Waals surface area contributed by atoms with Crippen molar-refractivity contribution in [2.24, 2.45) is 0 Å². The predicted octanol–water partition coefficient (Wildman–Crippen LogP) is 2.98. The number of nitrogens with one attached hydrogen (secondary N) is 1. The van der Waals surface area contributed by atoms with E-state index in [2.05, 4.69) is 20.6 Å². The maximum atomic E-state index is 12.2. The topological polar surface area (TPSA) is 81.9 Å². The first-order valence-electron chi connectivity index (χ1n) is 8.15. The number of carbonyl (C=O) groups is 1. The molecule has 1 amide bonds. The van der Waals surface area contributed by atoms with Gasteiger partial charge in [-0.05, 0) is 31.0 Å². The van der Waals surface area contributed by atoms with E-state index in [0.29, 0.717) is 23.2 Å². The highest BCUT2D eigenvalue weighted by molar-refractivity contribution is 5.90. The largest absolute Gasteiger partial charge is 0.439 e. The Morgan fingerprint density at radius 1 is 1.24 bits per heavy atom. The van der Waals surface area contributed by atoms with Crippen LogP contribution in [0.2, 0.25) is 0 Å². The summed E-state index contributed by atoms with van der Waals surface area (Å²) in [4.78, 5) is 16.3. The van der Waals surface area contributed by atoms with E-state index in [9.17, 15) is 4.79 Å². The average Bonchev–Trinajstić information content (AvgIpc) is 3.36. The lowest BCUT2D eigenvalue weighted by molar-refractivity contribution is -0.116. The molecule has 7 heteroatoms. The van der Waals surface area contributed by atoms with E-state index in [1.54, 1.807) is 23.0 Å². The van der Waals surface area contributed by atoms with Gasteiger partial charge in [-0.1, -0.05) is 23.4 Å². The summed E-state index contributed by atoms with van der Waals surface area (Å²) in [6.07, 6.45) is 5.75. The second-order valence-corrected chi connectivity index (χ2v) is 5.96. The molecule has 0 spiro atoms. The summed E-state index contributed by atoms with van der Waals surface area (Å²) in [6, 6.07) is 12.8. The highest BCUT2D eigenvalue weighted by Crippen LogP contribution is 2.38. The maximum Gasteiger partial charge on any atom is 0.246 e. The van der Waals surface area contributed by atoms with Crippen LogP contribution in [-0.2, 0) is 11.3 Å². The van der Waals surface area contributed by atoms with Crippen LogP contribution in [0.4, 0.5) is 5.69 Å². The van der Waals surface area contributed by atoms with Gasteiger partial charge >= 0.3 is 0 Å². The van der Waals surface area contributed by atoms with E-state index >= 15 is 0 Å². The Morgan fingerprint density at radius 3 is 2.88 bits per heavy atom. The summed E-state index contributed by atoms with van der Waals surface area (Å²) >= 11 is 0. The number of benzene rings is 1. The van der Waals surface area contributed by atoms with Gasteiger partial charge in [0.25, 0.3) is 0 Å². The second kappa shape index (κ2) is 6.72. The Bertz CT molecular complexity index is 874. The first-order chi connectivity index (χ1) is 12.3. The molecule has 7 nitrogen and oxygen atoms in total. The first kappa shape index (κ1) is 15.3. The molecule has 0 saturated heterocycles. The molecule has 1 aromatic carbocycles. The molecular formula is C18H17N5O2. The molecule has 0 atom stereocenters. The highest BCUT2D eigenvalue weighted by Gasteiger charge is 2.26. The highest BCUT2D eigenvalue weighted by atomic mass is 16.5. The smallest absolute Gasteiger partial charge is 0.246 e. The van der Waals surface area contributed by atoms with Gasteiger partial charge in [0.15, 0.2) is 0 Å². The molecule has 0 bridgehead atoms. The van der Waals surface area contributed by atoms with E-state index in [1.807, 2.05) is 36.5 Å². The van der Waals surface area contributed by atoms with Gasteiger partial charge in [0.2, 0.25) is 11.8 Å². The number of rotatable bonds is 6. The molecule has 1 aliphatic carbocycles. The minimum Gasteiger partial charge on any atom is -0.439 e. The molecular weight excluding hydrogens is 318 g/mol. The quantitative estimate of drug-likeness (QED) is 0.749. The van der Waals surface area contributed by atoms with Gasteiger partial charge < -0.3 is 10.1 Å². The number of ether oxygens (including phenoxy) is 1. The van der Waals surface area contributed by atoms with Crippen molar-refractivity contribution in [3.05, 3.63) is 60.6 Å². The Balaban J connectivity index is 1.38. The molecule has 1 aliphatic rings. The van der Waals surface area contributed by atoms with E-state index in [-0.39, 0.29) is 12.5 Å². The molecule has 2 heterocycles. The Hall–Kier alpha value is -3.22. The van der Waals surface area contributed by atoms with Crippen molar-refractivity contribution in [2.75, 3.05) is 5.32 Å². The third-order valence-electron chi connectivity index (χ3n) is 3.84. The monoisotopic (exact) mass is 335 g/mol. The minimum absolute atomic E-state index is 0.122. The summed E-state index contributed by atoms with van der Waals surface area (Å²) in [5.74, 6) is 1.45. The van der Waals surface area contributed by atoms with Crippen LogP contribution in [0.3, 0.4) is 0 Å². The molecule has 0 aliphatic heterocycles. The fourth-order valence-electron chi connectivity index (χ4n) is 2.46. The average molecular weight is 335 g/mol. The SMILES string of the molecule is O=C(Cn1cc(C2CC2)nn1)Nc1ccnc(Oc2ccccc2)c1. The van der Waals surface area contributed by atoms with Crippen LogP contribution in [0.1, 0.15) is 24.5 Å². The molecule has 1 saturated carbocycles. The van der Waals surface area contributed by atoms with Crippen molar-refractivity contribution in [1.82, 2.24) is 20.0 Å². The number of hydrogen-bond acceptors (Lipinski definition) is 5. The van der Waals surface area contributed by atoms with Gasteiger partial charge in [-0.2, -0.15) is 0 Å². The van der Waals surface area contributed by atoms with E-state index in [4.69, 9.17) is 4.74 Å². The zero-order valence-corrected chi connectivity index (χ0v) is 13.5. The van der Waals surface area contributed by atoms with Gasteiger partial charge in [0, 0.05) is 30.1 Å². The zero-order valence-electron chi connectivity index (χ0n) is 13.5. The number of nitrogens with zero attached hydrogens (tertiary/aromatic N) is 4. The minimum atomic E-state index is -0.177. The molecule has 0 unspecified atom stereocenters. The van der Waals surface area contributed by atoms with Crippen molar-refractivity contribution < 1.29 is 9.53 Å². The summed E-state index contributed by atoms with van der Waals surface area (Å²) in [5.41, 5.74) is 1.59. The van der Waals surface area contributed by atoms with Gasteiger partial charge in [0.05, 0.1) is 5.69 Å². The van der Waals surface area contributed by atoms with Crippen molar-refractivity contribution >= 4 is 11.6 Å². The molecule has 126 valence electrons. The molecule has 4 rings (SSSR count). The Morgan fingerprint density at radius 2 is 2.08 bits per heavy atom. The normalized spacial score (nSPS) is 13.4. The Kier molecular flexibility index (Phi) is 4.12. The maximum absolute atomic E-state index is 12.2. The summed E-state index contributed by atoms with van der Waals surface area (Å²) in [5, 5.41) is 10.9. The third kappa shape index (κ3) is 4.00. The van der Waals surface area contributed by atoms with Crippen LogP contribution in [0.5, 0.6) is 11.6 Å². The van der Waals surface area contributed by atoms with Crippen LogP contribution in [0.15, 0.2) is 54.9 Å². The summed E-state index contributed by atoms with van der Waals surface area (Å²) in [7, 11) is 0. The fourth-order valence-corrected chi connectivity index (χ4v) is 2.46. The number of aromatic nitrogens is 4. The molecule has 0 radical (unpaired) electrons. The van der Waals surface area contributed by atoms with Crippen molar-refractivity contribution in [3.63, 3.8) is 0 Å². The van der Waals surface area contributed by atoms with E-state index in [0.717, 1.165) is 18.5 Å². The number of anilines is 1. The van der Waals surface area contributed by atoms with Crippen LogP contribution in [-0.4, -0.2) is 25.9 Å². The van der Waals surface area contributed by atoms with Crippen LogP contribution in [0, 0.1) is 0 Å². The molecule has 2 aromatic heterocycles.